The largest absolute Gasteiger partial charge is 0.444 e. The molecular formula is C42H65N5O5Si2. The number of nitrogens with zero attached hydrogens (tertiary/aromatic N) is 4. The highest BCUT2D eigenvalue weighted by Crippen LogP contribution is 2.51. The number of carbonyl (C=O) groups excluding carboxylic acids is 1. The molecule has 296 valence electrons. The molecule has 0 bridgehead atoms. The molecule has 1 N–H and O–H groups in total. The Morgan fingerprint density at radius 2 is 1.61 bits per heavy atom. The molecule has 10 nitrogen and oxygen atoms in total. The number of carbonyl (C=O) groups is 1. The Kier molecular flexibility index (Phi) is 12.2. The van der Waals surface area contributed by atoms with Crippen LogP contribution < -0.4 is 5.32 Å². The van der Waals surface area contributed by atoms with Gasteiger partial charge in [-0.2, -0.15) is 0 Å². The summed E-state index contributed by atoms with van der Waals surface area (Å²) in [6.45, 7) is 34.5. The van der Waals surface area contributed by atoms with Crippen molar-refractivity contribution in [2.45, 2.75) is 123 Å². The Bertz CT molecular complexity index is 1790. The highest BCUT2D eigenvalue weighted by Gasteiger charge is 2.54. The van der Waals surface area contributed by atoms with E-state index in [9.17, 15) is 4.79 Å². The Morgan fingerprint density at radius 3 is 2.20 bits per heavy atom. The van der Waals surface area contributed by atoms with Crippen molar-refractivity contribution in [3.8, 4) is 23.2 Å². The molecule has 1 amide bonds. The number of rotatable bonds is 12. The summed E-state index contributed by atoms with van der Waals surface area (Å²) in [5.74, 6) is 10.2. The highest BCUT2D eigenvalue weighted by atomic mass is 28.4. The van der Waals surface area contributed by atoms with E-state index in [4.69, 9.17) is 23.1 Å². The normalized spacial score (nSPS) is 20.5. The van der Waals surface area contributed by atoms with Gasteiger partial charge >= 0.3 is 6.09 Å². The average Bonchev–Trinajstić information content (AvgIpc) is 3.54. The molecule has 12 heteroatoms. The summed E-state index contributed by atoms with van der Waals surface area (Å²) in [5.41, 5.74) is 1.92. The van der Waals surface area contributed by atoms with Crippen LogP contribution in [0.4, 0.5) is 4.79 Å². The fraction of sp³-hybridized carbons (Fsp3) is 0.643. The number of benzene rings is 1. The van der Waals surface area contributed by atoms with E-state index < -0.39 is 34.4 Å². The molecule has 1 unspecified atom stereocenters. The van der Waals surface area contributed by atoms with E-state index in [2.05, 4.69) is 94.9 Å². The van der Waals surface area contributed by atoms with E-state index in [0.717, 1.165) is 43.2 Å². The van der Waals surface area contributed by atoms with Gasteiger partial charge in [0.15, 0.2) is 22.4 Å². The number of hydrogen-bond acceptors (Lipinski definition) is 8. The van der Waals surface area contributed by atoms with Crippen LogP contribution in [0.5, 0.6) is 0 Å². The van der Waals surface area contributed by atoms with Gasteiger partial charge in [-0.15, -0.1) is 0 Å². The Balaban J connectivity index is 1.24. The van der Waals surface area contributed by atoms with E-state index in [1.54, 1.807) is 6.20 Å². The first kappa shape index (κ1) is 41.9. The standard InChI is InChI=1S/C42H65N5O5Si2/c1-29(52-54(13,14)42(8,9)10)38-43-21-22-47(38)36(26-44-39(48)50-40(2,3)4)35-25-37(51-45-35)31-18-15-30(16-19-31)17-20-32-33-27-46(28-34(32)33)23-24-49-53(11,12)41(5,6)7/h15-16,18-19,21-22,25,29,32-34,36H,23-24,26-28H2,1-14H3,(H,44,48)/t29-,32?,33-,34+,36+/m0/s1. The monoisotopic (exact) mass is 775 g/mol. The first-order chi connectivity index (χ1) is 25.0. The van der Waals surface area contributed by atoms with Crippen molar-refractivity contribution in [1.82, 2.24) is 24.9 Å². The zero-order valence-electron chi connectivity index (χ0n) is 35.3. The summed E-state index contributed by atoms with van der Waals surface area (Å²) in [6, 6.07) is 9.66. The number of amides is 1. The van der Waals surface area contributed by atoms with Crippen molar-refractivity contribution in [3.05, 3.63) is 59.8 Å². The molecule has 2 fully saturated rings. The number of fused-ring (bicyclic) bond motifs is 1. The molecule has 5 rings (SSSR count). The maximum atomic E-state index is 12.8. The molecular weight excluding hydrogens is 711 g/mol. The summed E-state index contributed by atoms with van der Waals surface area (Å²) in [5, 5.41) is 7.72. The molecule has 1 saturated heterocycles. The van der Waals surface area contributed by atoms with Gasteiger partial charge < -0.3 is 32.9 Å². The predicted molar refractivity (Wildman–Crippen MR) is 220 cm³/mol. The number of likely N-dealkylation sites (tertiary alicyclic amines) is 1. The minimum atomic E-state index is -2.09. The van der Waals surface area contributed by atoms with Gasteiger partial charge in [-0.3, -0.25) is 0 Å². The minimum absolute atomic E-state index is 0.0397. The first-order valence-corrected chi connectivity index (χ1v) is 25.4. The van der Waals surface area contributed by atoms with Crippen molar-refractivity contribution in [1.29, 1.82) is 0 Å². The zero-order chi connectivity index (χ0) is 39.9. The summed E-state index contributed by atoms with van der Waals surface area (Å²) < 4.78 is 26.6. The molecule has 5 atom stereocenters. The summed E-state index contributed by atoms with van der Waals surface area (Å²) in [7, 11) is -3.80. The third kappa shape index (κ3) is 10.1. The quantitative estimate of drug-likeness (QED) is 0.144. The van der Waals surface area contributed by atoms with Crippen LogP contribution >= 0.6 is 0 Å². The first-order valence-electron chi connectivity index (χ1n) is 19.6. The second-order valence-electron chi connectivity index (χ2n) is 19.3. The number of imidazole rings is 1. The van der Waals surface area contributed by atoms with Gasteiger partial charge in [0.2, 0.25) is 0 Å². The summed E-state index contributed by atoms with van der Waals surface area (Å²) in [6.07, 6.45) is 2.89. The molecule has 1 saturated carbocycles. The van der Waals surface area contributed by atoms with Gasteiger partial charge in [0.1, 0.15) is 23.2 Å². The zero-order valence-corrected chi connectivity index (χ0v) is 37.3. The SMILES string of the molecule is C[C@H](O[Si](C)(C)C(C)(C)C)c1nccn1[C@H](CNC(=O)OC(C)(C)C)c1cc(-c2ccc(C#CC3[C@H]4CN(CCO[Si](C)(C)C(C)(C)C)C[C@@H]34)cc2)on1. The van der Waals surface area contributed by atoms with Gasteiger partial charge in [0.25, 0.3) is 0 Å². The van der Waals surface area contributed by atoms with Crippen LogP contribution in [0.25, 0.3) is 11.3 Å². The van der Waals surface area contributed by atoms with E-state index in [1.807, 2.05) is 68.8 Å². The van der Waals surface area contributed by atoms with E-state index >= 15 is 0 Å². The molecule has 1 aromatic carbocycles. The number of nitrogens with one attached hydrogen (secondary N) is 1. The second kappa shape index (κ2) is 15.7. The lowest BCUT2D eigenvalue weighted by Gasteiger charge is -2.38. The maximum absolute atomic E-state index is 12.8. The molecule has 3 heterocycles. The van der Waals surface area contributed by atoms with Crippen LogP contribution in [0.15, 0.2) is 47.2 Å². The van der Waals surface area contributed by atoms with Crippen LogP contribution in [-0.4, -0.2) is 80.7 Å². The fourth-order valence-corrected chi connectivity index (χ4v) is 8.91. The topological polar surface area (TPSA) is 104 Å². The van der Waals surface area contributed by atoms with Gasteiger partial charge in [0, 0.05) is 68.3 Å². The Labute approximate surface area is 326 Å². The highest BCUT2D eigenvalue weighted by molar-refractivity contribution is 6.74. The van der Waals surface area contributed by atoms with Gasteiger partial charge in [0.05, 0.1) is 6.04 Å². The lowest BCUT2D eigenvalue weighted by Crippen LogP contribution is -2.42. The second-order valence-corrected chi connectivity index (χ2v) is 28.9. The predicted octanol–water partition coefficient (Wildman–Crippen LogP) is 9.29. The fourth-order valence-electron chi connectivity index (χ4n) is 6.54. The van der Waals surface area contributed by atoms with Crippen molar-refractivity contribution < 1.29 is 22.9 Å². The summed E-state index contributed by atoms with van der Waals surface area (Å²) >= 11 is 0. The van der Waals surface area contributed by atoms with Gasteiger partial charge in [-0.1, -0.05) is 58.5 Å². The van der Waals surface area contributed by atoms with E-state index in [0.29, 0.717) is 29.2 Å². The third-order valence-electron chi connectivity index (χ3n) is 11.9. The molecule has 54 heavy (non-hydrogen) atoms. The summed E-state index contributed by atoms with van der Waals surface area (Å²) in [4.78, 5) is 20.0. The average molecular weight is 776 g/mol. The lowest BCUT2D eigenvalue weighted by atomic mass is 10.1. The number of hydrogen-bond donors (Lipinski definition) is 1. The Hall–Kier alpha value is -3.22. The molecule has 0 radical (unpaired) electrons. The van der Waals surface area contributed by atoms with Gasteiger partial charge in [-0.25, -0.2) is 9.78 Å². The Morgan fingerprint density at radius 1 is 0.981 bits per heavy atom. The van der Waals surface area contributed by atoms with Crippen LogP contribution in [0.2, 0.25) is 36.3 Å². The number of piperidine rings is 1. The van der Waals surface area contributed by atoms with Crippen molar-refractivity contribution in [2.75, 3.05) is 32.8 Å². The third-order valence-corrected chi connectivity index (χ3v) is 21.0. The number of aromatic nitrogens is 3. The maximum Gasteiger partial charge on any atom is 0.407 e. The number of ether oxygens (including phenoxy) is 1. The van der Waals surface area contributed by atoms with Crippen LogP contribution in [-0.2, 0) is 13.6 Å². The van der Waals surface area contributed by atoms with Crippen molar-refractivity contribution >= 4 is 22.7 Å². The molecule has 2 aromatic heterocycles. The molecule has 0 spiro atoms. The van der Waals surface area contributed by atoms with Crippen molar-refractivity contribution in [3.63, 3.8) is 0 Å². The van der Waals surface area contributed by atoms with Crippen LogP contribution in [0.3, 0.4) is 0 Å². The molecule has 2 aliphatic rings. The molecule has 3 aromatic rings. The van der Waals surface area contributed by atoms with Crippen molar-refractivity contribution in [2.24, 2.45) is 17.8 Å². The van der Waals surface area contributed by atoms with Crippen LogP contribution in [0, 0.1) is 29.6 Å². The lowest BCUT2D eigenvalue weighted by molar-refractivity contribution is 0.0521. The minimum Gasteiger partial charge on any atom is -0.444 e. The van der Waals surface area contributed by atoms with Crippen LogP contribution in [0.1, 0.15) is 98.5 Å². The molecule has 1 aliphatic heterocycles. The smallest absolute Gasteiger partial charge is 0.407 e. The van der Waals surface area contributed by atoms with E-state index in [-0.39, 0.29) is 22.7 Å². The van der Waals surface area contributed by atoms with E-state index in [1.165, 1.54) is 0 Å². The molecule has 1 aliphatic carbocycles. The number of alkyl carbamates (subject to hydrolysis) is 1. The van der Waals surface area contributed by atoms with Gasteiger partial charge in [-0.05, 0) is 100 Å².